The molecule has 5 saturated carbocycles. The minimum Gasteiger partial charge on any atom is -0.481 e. The van der Waals surface area contributed by atoms with E-state index in [4.69, 9.17) is 4.74 Å². The van der Waals surface area contributed by atoms with E-state index in [0.717, 1.165) is 25.8 Å². The summed E-state index contributed by atoms with van der Waals surface area (Å²) in [5, 5.41) is 9.34. The molecule has 6 aliphatic rings. The maximum Gasteiger partial charge on any atom is 0.306 e. The van der Waals surface area contributed by atoms with Crippen LogP contribution in [0.15, 0.2) is 12.2 Å². The van der Waals surface area contributed by atoms with E-state index in [9.17, 15) is 23.1 Å². The number of hydrogen-bond acceptors (Lipinski definition) is 6. The summed E-state index contributed by atoms with van der Waals surface area (Å²) in [6, 6.07) is 0. The van der Waals surface area contributed by atoms with Crippen molar-refractivity contribution in [3.05, 3.63) is 12.2 Å². The van der Waals surface area contributed by atoms with Crippen molar-refractivity contribution in [2.45, 2.75) is 145 Å². The Morgan fingerprint density at radius 1 is 0.860 bits per heavy atom. The molecule has 10 atom stereocenters. The van der Waals surface area contributed by atoms with Gasteiger partial charge in [-0.3, -0.25) is 9.59 Å². The molecule has 1 heterocycles. The van der Waals surface area contributed by atoms with Crippen molar-refractivity contribution in [2.75, 3.05) is 31.1 Å². The molecule has 6 fully saturated rings. The monoisotopic (exact) mass is 715 g/mol. The molecule has 0 aromatic rings. The van der Waals surface area contributed by atoms with Gasteiger partial charge in [-0.05, 0) is 141 Å². The highest BCUT2D eigenvalue weighted by Crippen LogP contribution is 2.78. The van der Waals surface area contributed by atoms with Gasteiger partial charge in [-0.15, -0.1) is 0 Å². The van der Waals surface area contributed by atoms with Gasteiger partial charge in [0.1, 0.15) is 6.10 Å². The molecule has 0 aromatic carbocycles. The summed E-state index contributed by atoms with van der Waals surface area (Å²) in [5.74, 6) is 2.51. The lowest BCUT2D eigenvalue weighted by Gasteiger charge is -2.73. The predicted molar refractivity (Wildman–Crippen MR) is 199 cm³/mol. The van der Waals surface area contributed by atoms with E-state index in [1.54, 1.807) is 0 Å². The zero-order valence-electron chi connectivity index (χ0n) is 32.7. The van der Waals surface area contributed by atoms with Crippen molar-refractivity contribution in [1.82, 2.24) is 4.90 Å². The molecule has 0 spiro atoms. The molecule has 0 amide bonds. The van der Waals surface area contributed by atoms with E-state index in [-0.39, 0.29) is 46.6 Å². The Morgan fingerprint density at radius 3 is 2.18 bits per heavy atom. The lowest BCUT2D eigenvalue weighted by atomic mass is 9.32. The lowest BCUT2D eigenvalue weighted by molar-refractivity contribution is -0.250. The minimum absolute atomic E-state index is 0.0448. The highest BCUT2D eigenvalue weighted by Gasteiger charge is 2.71. The molecule has 1 saturated heterocycles. The van der Waals surface area contributed by atoms with Crippen molar-refractivity contribution < 1.29 is 27.9 Å². The minimum atomic E-state index is -2.87. The highest BCUT2D eigenvalue weighted by molar-refractivity contribution is 7.91. The quantitative estimate of drug-likeness (QED) is 0.189. The first-order chi connectivity index (χ1) is 23.1. The van der Waals surface area contributed by atoms with Crippen LogP contribution >= 0.6 is 0 Å². The summed E-state index contributed by atoms with van der Waals surface area (Å²) in [6.45, 7) is 25.6. The van der Waals surface area contributed by atoms with Crippen molar-refractivity contribution >= 4 is 21.8 Å². The number of sulfone groups is 1. The van der Waals surface area contributed by atoms with Crippen LogP contribution in [0.25, 0.3) is 0 Å². The van der Waals surface area contributed by atoms with Gasteiger partial charge in [0.25, 0.3) is 0 Å². The number of carbonyl (C=O) groups is 2. The molecule has 284 valence electrons. The van der Waals surface area contributed by atoms with E-state index in [0.29, 0.717) is 59.6 Å². The molecule has 0 bridgehead atoms. The average molecular weight is 716 g/mol. The van der Waals surface area contributed by atoms with Crippen LogP contribution in [0.1, 0.15) is 139 Å². The van der Waals surface area contributed by atoms with Crippen molar-refractivity contribution in [3.8, 4) is 0 Å². The van der Waals surface area contributed by atoms with Gasteiger partial charge in [-0.2, -0.15) is 0 Å². The van der Waals surface area contributed by atoms with Crippen LogP contribution in [0, 0.1) is 62.1 Å². The summed E-state index contributed by atoms with van der Waals surface area (Å²) < 4.78 is 30.6. The number of carboxylic acids is 1. The Hall–Kier alpha value is -1.41. The van der Waals surface area contributed by atoms with Crippen LogP contribution in [0.3, 0.4) is 0 Å². The number of fused-ring (bicyclic) bond motifs is 7. The fraction of sp³-hybridized carbons (Fsp3) is 0.905. The van der Waals surface area contributed by atoms with Gasteiger partial charge in [0.15, 0.2) is 9.84 Å². The topological polar surface area (TPSA) is 101 Å². The smallest absolute Gasteiger partial charge is 0.306 e. The normalized spacial score (nSPS) is 43.8. The number of carbonyl (C=O) groups excluding carboxylic acids is 1. The first-order valence-corrected chi connectivity index (χ1v) is 21.9. The fourth-order valence-corrected chi connectivity index (χ4v) is 15.6. The molecule has 5 aliphatic carbocycles. The van der Waals surface area contributed by atoms with E-state index >= 15 is 0 Å². The molecule has 0 aromatic heterocycles. The third kappa shape index (κ3) is 6.34. The molecular weight excluding hydrogens is 647 g/mol. The summed E-state index contributed by atoms with van der Waals surface area (Å²) >= 11 is 0. The van der Waals surface area contributed by atoms with Crippen molar-refractivity contribution in [3.63, 3.8) is 0 Å². The second kappa shape index (κ2) is 12.9. The average Bonchev–Trinajstić information content (AvgIpc) is 3.38. The van der Waals surface area contributed by atoms with Gasteiger partial charge < -0.3 is 14.7 Å². The molecule has 6 rings (SSSR count). The van der Waals surface area contributed by atoms with Gasteiger partial charge in [0.2, 0.25) is 0 Å². The first-order valence-electron chi connectivity index (χ1n) is 20.1. The summed E-state index contributed by atoms with van der Waals surface area (Å²) in [6.07, 6.45) is 13.1. The van der Waals surface area contributed by atoms with Crippen LogP contribution in [0.2, 0.25) is 0 Å². The number of esters is 1. The van der Waals surface area contributed by atoms with Gasteiger partial charge in [-0.1, -0.05) is 60.6 Å². The summed E-state index contributed by atoms with van der Waals surface area (Å²) in [7, 11) is -2.87. The number of nitrogens with zero attached hydrogens (tertiary/aromatic N) is 1. The number of rotatable bonds is 9. The van der Waals surface area contributed by atoms with Gasteiger partial charge in [-0.25, -0.2) is 8.42 Å². The molecular formula is C42H69NO6S. The van der Waals surface area contributed by atoms with E-state index < -0.39 is 21.2 Å². The van der Waals surface area contributed by atoms with E-state index in [1.807, 2.05) is 13.8 Å². The van der Waals surface area contributed by atoms with Crippen LogP contribution in [0.5, 0.6) is 0 Å². The molecule has 0 unspecified atom stereocenters. The molecule has 8 heteroatoms. The lowest BCUT2D eigenvalue weighted by Crippen LogP contribution is -2.66. The number of hydrogen-bond donors (Lipinski definition) is 1. The van der Waals surface area contributed by atoms with Crippen LogP contribution in [0.4, 0.5) is 0 Å². The van der Waals surface area contributed by atoms with E-state index in [2.05, 4.69) is 53.0 Å². The molecule has 1 aliphatic heterocycles. The molecule has 50 heavy (non-hydrogen) atoms. The Morgan fingerprint density at radius 2 is 1.54 bits per heavy atom. The van der Waals surface area contributed by atoms with E-state index in [1.165, 1.54) is 56.9 Å². The molecule has 7 nitrogen and oxygen atoms in total. The first kappa shape index (κ1) is 38.3. The second-order valence-corrected chi connectivity index (χ2v) is 22.8. The third-order valence-electron chi connectivity index (χ3n) is 17.1. The maximum atomic E-state index is 13.2. The van der Waals surface area contributed by atoms with Gasteiger partial charge in [0, 0.05) is 18.5 Å². The number of ether oxygens (including phenoxy) is 1. The van der Waals surface area contributed by atoms with Crippen LogP contribution < -0.4 is 0 Å². The van der Waals surface area contributed by atoms with Crippen molar-refractivity contribution in [1.29, 1.82) is 0 Å². The zero-order chi connectivity index (χ0) is 36.7. The molecule has 0 radical (unpaired) electrons. The Bertz CT molecular complexity index is 1460. The summed E-state index contributed by atoms with van der Waals surface area (Å²) in [4.78, 5) is 27.0. The predicted octanol–water partition coefficient (Wildman–Crippen LogP) is 8.57. The number of allylic oxidation sites excluding steroid dienone is 1. The zero-order valence-corrected chi connectivity index (χ0v) is 33.6. The maximum absolute atomic E-state index is 13.2. The van der Waals surface area contributed by atoms with Crippen LogP contribution in [-0.2, 0) is 24.2 Å². The highest BCUT2D eigenvalue weighted by atomic mass is 32.2. The van der Waals surface area contributed by atoms with Crippen LogP contribution in [-0.4, -0.2) is 67.6 Å². The SMILES string of the molecule is C=C(C)[C@@H]1CC[C@]2(CCN3CCS(=O)(=O)CC3)CC[C@]3(C)[C@H](CC[C@@H]4[C@@]5(C)CC[C@H](OC(=O)CC(C)(C)CC(=O)O)C(C)(C)[C@@H]5CC[C@]43C)[C@@H]12. The number of aliphatic carboxylic acids is 1. The Labute approximate surface area is 304 Å². The van der Waals surface area contributed by atoms with Gasteiger partial charge in [0.05, 0.1) is 24.3 Å². The second-order valence-electron chi connectivity index (χ2n) is 20.5. The standard InChI is InChI=1S/C42H69NO6S/c1-28(2)29-12-17-42(20-21-43-22-24-50(47,48)25-23-43)19-18-40(8)30(36(29)42)10-11-32-39(7)15-14-33(38(5,6)31(39)13-16-41(32,40)9)49-35(46)27-37(3,4)26-34(44)45/h29-33,36H,1,10-27H2,2-9H3,(H,44,45)/t29-,30+,31-,32+,33-,36+,39-,40+,41+,42+/m0/s1. The molecule has 1 N–H and O–H groups in total. The van der Waals surface area contributed by atoms with Gasteiger partial charge >= 0.3 is 11.9 Å². The fourth-order valence-electron chi connectivity index (χ4n) is 14.3. The third-order valence-corrected chi connectivity index (χ3v) is 18.7. The summed E-state index contributed by atoms with van der Waals surface area (Å²) in [5.41, 5.74) is 1.61. The number of carboxylic acid groups (broad SMARTS) is 1. The van der Waals surface area contributed by atoms with Crippen molar-refractivity contribution in [2.24, 2.45) is 62.1 Å². The largest absolute Gasteiger partial charge is 0.481 e. The Kier molecular flexibility index (Phi) is 9.86. The Balaban J connectivity index is 1.21.